The van der Waals surface area contributed by atoms with Crippen LogP contribution in [0.15, 0.2) is 66.7 Å². The fraction of sp³-hybridized carbons (Fsp3) is 0.333. The number of halogens is 1. The lowest BCUT2D eigenvalue weighted by Crippen LogP contribution is -2.37. The molecular weight excluding hydrogens is 490 g/mol. The summed E-state index contributed by atoms with van der Waals surface area (Å²) in [4.78, 5) is 25.8. The normalized spacial score (nSPS) is 16.1. The van der Waals surface area contributed by atoms with E-state index in [1.165, 1.54) is 4.90 Å². The molecule has 1 heterocycles. The molecule has 7 heteroatoms. The summed E-state index contributed by atoms with van der Waals surface area (Å²) in [6.45, 7) is 2.13. The molecule has 3 aromatic carbocycles. The number of ether oxygens (including phenoxy) is 2. The molecule has 0 radical (unpaired) electrons. The van der Waals surface area contributed by atoms with Crippen molar-refractivity contribution < 1.29 is 24.2 Å². The van der Waals surface area contributed by atoms with Gasteiger partial charge in [-0.3, -0.25) is 9.59 Å². The molecule has 37 heavy (non-hydrogen) atoms. The number of nitrogens with zero attached hydrogens (tertiary/aromatic N) is 1. The van der Waals surface area contributed by atoms with E-state index >= 15 is 0 Å². The molecule has 1 atom stereocenters. The molecule has 6 nitrogen and oxygen atoms in total. The van der Waals surface area contributed by atoms with Gasteiger partial charge in [0.15, 0.2) is 0 Å². The Balaban J connectivity index is 1.35. The monoisotopic (exact) mass is 521 g/mol. The van der Waals surface area contributed by atoms with Gasteiger partial charge < -0.3 is 19.5 Å². The van der Waals surface area contributed by atoms with E-state index < -0.39 is 5.97 Å². The van der Waals surface area contributed by atoms with Gasteiger partial charge in [-0.2, -0.15) is 0 Å². The summed E-state index contributed by atoms with van der Waals surface area (Å²) in [6, 6.07) is 21.5. The SMILES string of the molecule is COc1cccc(CCN(CC(=O)O)C(=O)CCc2ccc3c(c2)C[C@](C)(Cc2ccc(Cl)cc2)O3)c1. The van der Waals surface area contributed by atoms with Crippen LogP contribution in [0.1, 0.15) is 35.6 Å². The zero-order chi connectivity index (χ0) is 26.4. The van der Waals surface area contributed by atoms with Crippen molar-refractivity contribution >= 4 is 23.5 Å². The van der Waals surface area contributed by atoms with E-state index in [2.05, 4.69) is 13.0 Å². The second kappa shape index (κ2) is 11.7. The number of carbonyl (C=O) groups excluding carboxylic acids is 1. The molecule has 0 spiro atoms. The van der Waals surface area contributed by atoms with E-state index in [1.54, 1.807) is 7.11 Å². The maximum absolute atomic E-state index is 13.0. The van der Waals surface area contributed by atoms with Crippen LogP contribution in [-0.4, -0.2) is 47.7 Å². The number of carboxylic acid groups (broad SMARTS) is 1. The number of aliphatic carboxylic acids is 1. The molecule has 0 saturated heterocycles. The number of aryl methyl sites for hydroxylation is 1. The Labute approximate surface area is 222 Å². The third kappa shape index (κ3) is 7.26. The van der Waals surface area contributed by atoms with E-state index in [1.807, 2.05) is 60.7 Å². The second-order valence-electron chi connectivity index (χ2n) is 9.78. The smallest absolute Gasteiger partial charge is 0.323 e. The Morgan fingerprint density at radius 3 is 2.49 bits per heavy atom. The summed E-state index contributed by atoms with van der Waals surface area (Å²) in [5, 5.41) is 10.1. The van der Waals surface area contributed by atoms with E-state index in [0.29, 0.717) is 24.4 Å². The molecule has 0 aliphatic carbocycles. The quantitative estimate of drug-likeness (QED) is 0.367. The minimum atomic E-state index is -1.02. The van der Waals surface area contributed by atoms with Crippen LogP contribution in [0, 0.1) is 0 Å². The van der Waals surface area contributed by atoms with E-state index in [0.717, 1.165) is 46.6 Å². The molecule has 1 aliphatic heterocycles. The van der Waals surface area contributed by atoms with Crippen LogP contribution >= 0.6 is 11.6 Å². The first kappa shape index (κ1) is 26.6. The van der Waals surface area contributed by atoms with Gasteiger partial charge in [-0.15, -0.1) is 0 Å². The Morgan fingerprint density at radius 2 is 1.76 bits per heavy atom. The summed E-state index contributed by atoms with van der Waals surface area (Å²) in [7, 11) is 1.60. The molecule has 0 saturated carbocycles. The van der Waals surface area contributed by atoms with Crippen LogP contribution in [0.4, 0.5) is 0 Å². The molecule has 3 aromatic rings. The summed E-state index contributed by atoms with van der Waals surface area (Å²) in [5.74, 6) is 0.416. The van der Waals surface area contributed by atoms with Crippen molar-refractivity contribution in [2.24, 2.45) is 0 Å². The van der Waals surface area contributed by atoms with Crippen LogP contribution in [0.25, 0.3) is 0 Å². The van der Waals surface area contributed by atoms with Crippen LogP contribution in [0.5, 0.6) is 11.5 Å². The highest BCUT2D eigenvalue weighted by Crippen LogP contribution is 2.37. The molecule has 1 aliphatic rings. The number of hydrogen-bond donors (Lipinski definition) is 1. The molecule has 194 valence electrons. The maximum atomic E-state index is 13.0. The van der Waals surface area contributed by atoms with E-state index in [9.17, 15) is 14.7 Å². The highest BCUT2D eigenvalue weighted by molar-refractivity contribution is 6.30. The summed E-state index contributed by atoms with van der Waals surface area (Å²) in [5.41, 5.74) is 3.97. The third-order valence-corrected chi connectivity index (χ3v) is 6.90. The van der Waals surface area contributed by atoms with Gasteiger partial charge in [0.25, 0.3) is 0 Å². The Bertz CT molecular complexity index is 1260. The topological polar surface area (TPSA) is 76.1 Å². The fourth-order valence-corrected chi connectivity index (χ4v) is 4.95. The maximum Gasteiger partial charge on any atom is 0.323 e. The number of amides is 1. The van der Waals surface area contributed by atoms with Crippen LogP contribution in [0.3, 0.4) is 0 Å². The molecule has 0 bridgehead atoms. The number of hydrogen-bond acceptors (Lipinski definition) is 4. The van der Waals surface area contributed by atoms with Crippen molar-refractivity contribution in [3.63, 3.8) is 0 Å². The Kier molecular flexibility index (Phi) is 8.39. The van der Waals surface area contributed by atoms with Gasteiger partial charge in [-0.05, 0) is 72.4 Å². The molecule has 1 amide bonds. The first-order chi connectivity index (χ1) is 17.7. The Hall–Kier alpha value is -3.51. The molecule has 0 unspecified atom stereocenters. The number of carboxylic acids is 1. The van der Waals surface area contributed by atoms with Crippen LogP contribution < -0.4 is 9.47 Å². The lowest BCUT2D eigenvalue weighted by Gasteiger charge is -2.24. The zero-order valence-corrected chi connectivity index (χ0v) is 22.0. The molecule has 1 N–H and O–H groups in total. The molecule has 0 aromatic heterocycles. The number of rotatable bonds is 11. The minimum Gasteiger partial charge on any atom is -0.497 e. The van der Waals surface area contributed by atoms with Crippen molar-refractivity contribution in [3.8, 4) is 11.5 Å². The zero-order valence-electron chi connectivity index (χ0n) is 21.2. The third-order valence-electron chi connectivity index (χ3n) is 6.65. The highest BCUT2D eigenvalue weighted by atomic mass is 35.5. The highest BCUT2D eigenvalue weighted by Gasteiger charge is 2.35. The van der Waals surface area contributed by atoms with Crippen LogP contribution in [0.2, 0.25) is 5.02 Å². The number of benzene rings is 3. The van der Waals surface area contributed by atoms with E-state index in [-0.39, 0.29) is 24.5 Å². The molecular formula is C30H32ClNO5. The predicted molar refractivity (Wildman–Crippen MR) is 144 cm³/mol. The molecule has 4 rings (SSSR count). The predicted octanol–water partition coefficient (Wildman–Crippen LogP) is 5.37. The summed E-state index contributed by atoms with van der Waals surface area (Å²) in [6.07, 6.45) is 2.88. The second-order valence-corrected chi connectivity index (χ2v) is 10.2. The van der Waals surface area contributed by atoms with Gasteiger partial charge in [0.1, 0.15) is 23.6 Å². The number of carbonyl (C=O) groups is 2. The van der Waals surface area contributed by atoms with Gasteiger partial charge in [-0.25, -0.2) is 0 Å². The summed E-state index contributed by atoms with van der Waals surface area (Å²) >= 11 is 6.01. The van der Waals surface area contributed by atoms with Gasteiger partial charge in [0.05, 0.1) is 7.11 Å². The van der Waals surface area contributed by atoms with Crippen molar-refractivity contribution in [2.45, 2.75) is 44.6 Å². The van der Waals surface area contributed by atoms with Gasteiger partial charge in [-0.1, -0.05) is 48.0 Å². The lowest BCUT2D eigenvalue weighted by atomic mass is 9.91. The number of methoxy groups -OCH3 is 1. The largest absolute Gasteiger partial charge is 0.497 e. The fourth-order valence-electron chi connectivity index (χ4n) is 4.82. The first-order valence-corrected chi connectivity index (χ1v) is 12.8. The first-order valence-electron chi connectivity index (χ1n) is 12.4. The van der Waals surface area contributed by atoms with Crippen molar-refractivity contribution in [2.75, 3.05) is 20.2 Å². The standard InChI is InChI=1S/C30H32ClNO5/c1-30(18-23-6-10-25(31)11-7-23)19-24-16-22(8-12-27(24)37-30)9-13-28(33)32(20-29(34)35)15-14-21-4-3-5-26(17-21)36-2/h3-8,10-12,16-17H,9,13-15,18-20H2,1-2H3,(H,34,35)/t30-/m0/s1. The minimum absolute atomic E-state index is 0.172. The Morgan fingerprint density at radius 1 is 1.03 bits per heavy atom. The average Bonchev–Trinajstić information content (AvgIpc) is 3.21. The van der Waals surface area contributed by atoms with Gasteiger partial charge >= 0.3 is 5.97 Å². The average molecular weight is 522 g/mol. The van der Waals surface area contributed by atoms with Gasteiger partial charge in [0.2, 0.25) is 5.91 Å². The van der Waals surface area contributed by atoms with Crippen molar-refractivity contribution in [3.05, 3.63) is 94.0 Å². The van der Waals surface area contributed by atoms with E-state index in [4.69, 9.17) is 21.1 Å². The lowest BCUT2D eigenvalue weighted by molar-refractivity contribution is -0.144. The summed E-state index contributed by atoms with van der Waals surface area (Å²) < 4.78 is 11.6. The van der Waals surface area contributed by atoms with Crippen molar-refractivity contribution in [1.82, 2.24) is 4.90 Å². The van der Waals surface area contributed by atoms with Crippen molar-refractivity contribution in [1.29, 1.82) is 0 Å². The van der Waals surface area contributed by atoms with Gasteiger partial charge in [0, 0.05) is 30.8 Å². The number of fused-ring (bicyclic) bond motifs is 1. The van der Waals surface area contributed by atoms with Crippen LogP contribution in [-0.2, 0) is 35.3 Å². The molecule has 0 fully saturated rings.